The van der Waals surface area contributed by atoms with E-state index in [2.05, 4.69) is 0 Å². The molecule has 33 heavy (non-hydrogen) atoms. The number of Topliss-reactive ketones (excluding diaryl/α,β-unsaturated/α-hetero) is 2. The number of likely N-dealkylation sites (N-methyl/N-ethyl adjacent to an activating group) is 1. The molecule has 0 atom stereocenters. The van der Waals surface area contributed by atoms with E-state index >= 15 is 0 Å². The van der Waals surface area contributed by atoms with E-state index in [9.17, 15) is 24.0 Å². The molecule has 0 radical (unpaired) electrons. The number of hydrogen-bond donors (Lipinski definition) is 0. The molecule has 3 amide bonds. The predicted octanol–water partition coefficient (Wildman–Crippen LogP) is 1.47. The molecule has 0 spiro atoms. The molecular weight excluding hydrogens is 426 g/mol. The van der Waals surface area contributed by atoms with E-state index in [1.165, 1.54) is 23.6 Å². The molecular formula is C24H35N3O6. The van der Waals surface area contributed by atoms with Gasteiger partial charge in [0, 0.05) is 59.9 Å². The minimum atomic E-state index is -0.347. The molecule has 0 aliphatic carbocycles. The minimum absolute atomic E-state index is 0.00525. The van der Waals surface area contributed by atoms with Crippen molar-refractivity contribution < 1.29 is 28.7 Å². The lowest BCUT2D eigenvalue weighted by Gasteiger charge is -2.21. The van der Waals surface area contributed by atoms with Crippen LogP contribution in [0, 0.1) is 0 Å². The van der Waals surface area contributed by atoms with Crippen LogP contribution >= 0.6 is 0 Å². The van der Waals surface area contributed by atoms with Crippen molar-refractivity contribution in [3.05, 3.63) is 29.8 Å². The second-order valence-corrected chi connectivity index (χ2v) is 8.11. The van der Waals surface area contributed by atoms with Gasteiger partial charge in [0.05, 0.1) is 13.0 Å². The van der Waals surface area contributed by atoms with Gasteiger partial charge in [-0.05, 0) is 31.0 Å². The van der Waals surface area contributed by atoms with Gasteiger partial charge >= 0.3 is 0 Å². The molecule has 9 heteroatoms. The first-order valence-electron chi connectivity index (χ1n) is 10.9. The van der Waals surface area contributed by atoms with Crippen molar-refractivity contribution in [2.24, 2.45) is 0 Å². The summed E-state index contributed by atoms with van der Waals surface area (Å²) in [5.41, 5.74) is 1.37. The topological polar surface area (TPSA) is 104 Å². The quantitative estimate of drug-likeness (QED) is 0.307. The normalized spacial score (nSPS) is 10.5. The maximum Gasteiger partial charge on any atom is 0.236 e. The molecule has 0 heterocycles. The first-order valence-corrected chi connectivity index (χ1v) is 10.9. The fourth-order valence-electron chi connectivity index (χ4n) is 2.92. The molecule has 0 aliphatic rings. The molecule has 0 aromatic heterocycles. The Balaban J connectivity index is 2.40. The highest BCUT2D eigenvalue weighted by molar-refractivity contribution is 6.04. The third-order valence-corrected chi connectivity index (χ3v) is 5.16. The standard InChI is InChI=1S/C24H35N3O6/c1-18(28)15-22(30)16-20-7-9-21(10-8-20)27(5)24(32)17-23(31)26(4)12-14-33-13-6-11-25(3)19(2)29/h7-10H,6,11-17H2,1-5H3. The Morgan fingerprint density at radius 1 is 0.788 bits per heavy atom. The van der Waals surface area contributed by atoms with Gasteiger partial charge in [0.2, 0.25) is 17.7 Å². The highest BCUT2D eigenvalue weighted by Crippen LogP contribution is 2.16. The summed E-state index contributed by atoms with van der Waals surface area (Å²) in [6, 6.07) is 6.88. The number of carbonyl (C=O) groups is 5. The summed E-state index contributed by atoms with van der Waals surface area (Å²) in [6.07, 6.45) is 0.518. The lowest BCUT2D eigenvalue weighted by atomic mass is 10.1. The molecule has 0 bridgehead atoms. The molecule has 0 saturated carbocycles. The number of rotatable bonds is 14. The number of benzene rings is 1. The fraction of sp³-hybridized carbons (Fsp3) is 0.542. The third-order valence-electron chi connectivity index (χ3n) is 5.16. The lowest BCUT2D eigenvalue weighted by molar-refractivity contribution is -0.135. The number of hydrogen-bond acceptors (Lipinski definition) is 6. The Kier molecular flexibility index (Phi) is 12.0. The summed E-state index contributed by atoms with van der Waals surface area (Å²) in [5.74, 6) is -0.967. The van der Waals surface area contributed by atoms with E-state index in [4.69, 9.17) is 4.74 Å². The monoisotopic (exact) mass is 461 g/mol. The largest absolute Gasteiger partial charge is 0.380 e. The molecule has 1 aromatic carbocycles. The molecule has 9 nitrogen and oxygen atoms in total. The van der Waals surface area contributed by atoms with Crippen molar-refractivity contribution in [2.75, 3.05) is 52.3 Å². The zero-order chi connectivity index (χ0) is 25.0. The second kappa shape index (κ2) is 14.2. The maximum absolute atomic E-state index is 12.5. The molecule has 182 valence electrons. The van der Waals surface area contributed by atoms with Crippen LogP contribution in [0.3, 0.4) is 0 Å². The third kappa shape index (κ3) is 10.9. The van der Waals surface area contributed by atoms with Crippen LogP contribution in [0.2, 0.25) is 0 Å². The van der Waals surface area contributed by atoms with E-state index < -0.39 is 0 Å². The van der Waals surface area contributed by atoms with E-state index in [1.807, 2.05) is 0 Å². The van der Waals surface area contributed by atoms with E-state index in [-0.39, 0.29) is 48.6 Å². The van der Waals surface area contributed by atoms with Gasteiger partial charge in [-0.1, -0.05) is 12.1 Å². The Morgan fingerprint density at radius 2 is 1.42 bits per heavy atom. The molecule has 0 unspecified atom stereocenters. The summed E-state index contributed by atoms with van der Waals surface area (Å²) in [7, 11) is 4.94. The number of anilines is 1. The summed E-state index contributed by atoms with van der Waals surface area (Å²) < 4.78 is 5.50. The Bertz CT molecular complexity index is 837. The van der Waals surface area contributed by atoms with Crippen molar-refractivity contribution in [3.8, 4) is 0 Å². The maximum atomic E-state index is 12.5. The molecule has 0 aliphatic heterocycles. The van der Waals surface area contributed by atoms with Crippen molar-refractivity contribution in [1.29, 1.82) is 0 Å². The molecule has 1 aromatic rings. The van der Waals surface area contributed by atoms with Gasteiger partial charge in [-0.25, -0.2) is 0 Å². The van der Waals surface area contributed by atoms with Crippen molar-refractivity contribution >= 4 is 35.0 Å². The zero-order valence-corrected chi connectivity index (χ0v) is 20.3. The van der Waals surface area contributed by atoms with E-state index in [0.717, 1.165) is 5.56 Å². The van der Waals surface area contributed by atoms with Crippen LogP contribution in [0.25, 0.3) is 0 Å². The summed E-state index contributed by atoms with van der Waals surface area (Å²) in [4.78, 5) is 63.2. The molecule has 0 saturated heterocycles. The summed E-state index contributed by atoms with van der Waals surface area (Å²) in [5, 5.41) is 0. The van der Waals surface area contributed by atoms with Crippen LogP contribution in [0.1, 0.15) is 38.7 Å². The molecule has 1 rings (SSSR count). The van der Waals surface area contributed by atoms with Gasteiger partial charge in [-0.3, -0.25) is 24.0 Å². The van der Waals surface area contributed by atoms with Crippen molar-refractivity contribution in [2.45, 2.75) is 39.5 Å². The van der Waals surface area contributed by atoms with Crippen LogP contribution in [0.4, 0.5) is 5.69 Å². The summed E-state index contributed by atoms with van der Waals surface area (Å²) in [6.45, 7) is 4.70. The van der Waals surface area contributed by atoms with Crippen LogP contribution < -0.4 is 4.90 Å². The van der Waals surface area contributed by atoms with Crippen molar-refractivity contribution in [3.63, 3.8) is 0 Å². The highest BCUT2D eigenvalue weighted by Gasteiger charge is 2.18. The Morgan fingerprint density at radius 3 is 2.00 bits per heavy atom. The van der Waals surface area contributed by atoms with Gasteiger partial charge in [0.25, 0.3) is 0 Å². The Hall–Kier alpha value is -3.07. The number of ether oxygens (including phenoxy) is 1. The first kappa shape index (κ1) is 28.0. The smallest absolute Gasteiger partial charge is 0.236 e. The molecule has 0 fully saturated rings. The van der Waals surface area contributed by atoms with Crippen LogP contribution in [-0.2, 0) is 35.1 Å². The SMILES string of the molecule is CC(=O)CC(=O)Cc1ccc(N(C)C(=O)CC(=O)N(C)CCOCCCN(C)C(C)=O)cc1. The number of nitrogens with zero attached hydrogens (tertiary/aromatic N) is 3. The van der Waals surface area contributed by atoms with Crippen molar-refractivity contribution in [1.82, 2.24) is 9.80 Å². The highest BCUT2D eigenvalue weighted by atomic mass is 16.5. The summed E-state index contributed by atoms with van der Waals surface area (Å²) >= 11 is 0. The van der Waals surface area contributed by atoms with Gasteiger partial charge in [0.1, 0.15) is 18.0 Å². The van der Waals surface area contributed by atoms with E-state index in [0.29, 0.717) is 38.4 Å². The fourth-order valence-corrected chi connectivity index (χ4v) is 2.92. The second-order valence-electron chi connectivity index (χ2n) is 8.11. The number of ketones is 2. The number of carbonyl (C=O) groups excluding carboxylic acids is 5. The molecule has 0 N–H and O–H groups in total. The Labute approximate surface area is 195 Å². The lowest BCUT2D eigenvalue weighted by Crippen LogP contribution is -2.36. The van der Waals surface area contributed by atoms with E-state index in [1.54, 1.807) is 50.3 Å². The van der Waals surface area contributed by atoms with Gasteiger partial charge < -0.3 is 19.4 Å². The first-order chi connectivity index (χ1) is 15.5. The van der Waals surface area contributed by atoms with Gasteiger partial charge in [-0.15, -0.1) is 0 Å². The average Bonchev–Trinajstić information content (AvgIpc) is 2.74. The van der Waals surface area contributed by atoms with Crippen LogP contribution in [-0.4, -0.2) is 86.5 Å². The number of amides is 3. The van der Waals surface area contributed by atoms with Crippen LogP contribution in [0.15, 0.2) is 24.3 Å². The van der Waals surface area contributed by atoms with Gasteiger partial charge in [0.15, 0.2) is 0 Å². The van der Waals surface area contributed by atoms with Crippen LogP contribution in [0.5, 0.6) is 0 Å². The predicted molar refractivity (Wildman–Crippen MR) is 125 cm³/mol. The van der Waals surface area contributed by atoms with Gasteiger partial charge in [-0.2, -0.15) is 0 Å². The minimum Gasteiger partial charge on any atom is -0.380 e. The zero-order valence-electron chi connectivity index (χ0n) is 20.3. The average molecular weight is 462 g/mol.